The first kappa shape index (κ1) is 21.5. The Morgan fingerprint density at radius 3 is 2.27 bits per heavy atom. The first-order valence-electron chi connectivity index (χ1n) is 11.4. The van der Waals surface area contributed by atoms with Crippen LogP contribution in [0, 0.1) is 22.7 Å². The molecule has 4 heteroatoms. The lowest BCUT2D eigenvalue weighted by molar-refractivity contribution is 0.145. The van der Waals surface area contributed by atoms with E-state index < -0.39 is 0 Å². The van der Waals surface area contributed by atoms with E-state index >= 15 is 0 Å². The first-order valence-corrected chi connectivity index (χ1v) is 11.4. The van der Waals surface area contributed by atoms with E-state index in [1.807, 2.05) is 0 Å². The fourth-order valence-corrected chi connectivity index (χ4v) is 4.59. The quantitative estimate of drug-likeness (QED) is 0.443. The Morgan fingerprint density at radius 1 is 0.900 bits per heavy atom. The van der Waals surface area contributed by atoms with E-state index in [9.17, 15) is 10.2 Å². The second kappa shape index (κ2) is 8.05. The Balaban J connectivity index is 1.29. The predicted octanol–water partition coefficient (Wildman–Crippen LogP) is 5.52. The van der Waals surface area contributed by atoms with Crippen LogP contribution in [0.3, 0.4) is 0 Å². The normalized spacial score (nSPS) is 24.6. The molecular weight excluding hydrogens is 376 g/mol. The molecule has 6 rings (SSSR count). The fraction of sp³-hybridized carbons (Fsp3) is 0.615. The van der Waals surface area contributed by atoms with Crippen LogP contribution in [-0.2, 0) is 9.47 Å². The highest BCUT2D eigenvalue weighted by Crippen LogP contribution is 2.50. The van der Waals surface area contributed by atoms with Crippen molar-refractivity contribution in [3.05, 3.63) is 58.5 Å². The molecule has 2 aliphatic carbocycles. The highest BCUT2D eigenvalue weighted by atomic mass is 16.5. The number of allylic oxidation sites excluding steroid dienone is 4. The van der Waals surface area contributed by atoms with Gasteiger partial charge in [-0.25, -0.2) is 0 Å². The van der Waals surface area contributed by atoms with E-state index in [0.29, 0.717) is 5.92 Å². The number of aliphatic hydroxyl groups excluding tert-OH is 2. The van der Waals surface area contributed by atoms with Crippen LogP contribution in [0.4, 0.5) is 0 Å². The van der Waals surface area contributed by atoms with Gasteiger partial charge >= 0.3 is 0 Å². The maximum Gasteiger partial charge on any atom is 0.134 e. The van der Waals surface area contributed by atoms with Gasteiger partial charge < -0.3 is 19.7 Å². The Labute approximate surface area is 180 Å². The van der Waals surface area contributed by atoms with Gasteiger partial charge in [0.05, 0.1) is 11.5 Å². The molecule has 2 unspecified atom stereocenters. The van der Waals surface area contributed by atoms with Crippen molar-refractivity contribution in [3.63, 3.8) is 0 Å². The summed E-state index contributed by atoms with van der Waals surface area (Å²) < 4.78 is 11.6. The van der Waals surface area contributed by atoms with Gasteiger partial charge in [-0.1, -0.05) is 46.3 Å². The summed E-state index contributed by atoms with van der Waals surface area (Å²) in [6, 6.07) is 0. The van der Waals surface area contributed by atoms with Crippen molar-refractivity contribution in [2.45, 2.75) is 66.2 Å². The maximum atomic E-state index is 9.42. The minimum Gasteiger partial charge on any atom is -0.460 e. The number of hydrogen-bond donors (Lipinski definition) is 2. The number of aliphatic hydroxyl groups is 2. The van der Waals surface area contributed by atoms with Crippen LogP contribution in [0.5, 0.6) is 0 Å². The van der Waals surface area contributed by atoms with Crippen LogP contribution in [0.1, 0.15) is 66.2 Å². The molecule has 0 saturated heterocycles. The second-order valence-electron chi connectivity index (χ2n) is 10.8. The molecule has 0 saturated carbocycles. The molecule has 2 atom stereocenters. The largest absolute Gasteiger partial charge is 0.460 e. The van der Waals surface area contributed by atoms with Gasteiger partial charge in [0, 0.05) is 24.7 Å². The molecule has 0 aromatic rings. The Hall–Kier alpha value is -1.78. The van der Waals surface area contributed by atoms with Gasteiger partial charge in [-0.05, 0) is 55.1 Å². The van der Waals surface area contributed by atoms with Gasteiger partial charge in [0.1, 0.15) is 23.0 Å². The molecule has 0 amide bonds. The number of rotatable bonds is 12. The smallest absolute Gasteiger partial charge is 0.134 e. The number of ether oxygens (including phenoxy) is 2. The molecule has 2 N–H and O–H groups in total. The zero-order valence-electron chi connectivity index (χ0n) is 18.8. The number of fused-ring (bicyclic) bond motifs is 2. The van der Waals surface area contributed by atoms with Crippen molar-refractivity contribution in [3.8, 4) is 0 Å². The van der Waals surface area contributed by atoms with Gasteiger partial charge in [0.25, 0.3) is 0 Å². The van der Waals surface area contributed by atoms with Crippen LogP contribution < -0.4 is 0 Å². The van der Waals surface area contributed by atoms with Crippen molar-refractivity contribution in [1.82, 2.24) is 0 Å². The highest BCUT2D eigenvalue weighted by molar-refractivity contribution is 5.55. The summed E-state index contributed by atoms with van der Waals surface area (Å²) in [5, 5.41) is 18.8. The zero-order chi connectivity index (χ0) is 21.5. The van der Waals surface area contributed by atoms with Crippen LogP contribution in [0.15, 0.2) is 58.5 Å². The summed E-state index contributed by atoms with van der Waals surface area (Å²) >= 11 is 0. The SMILES string of the molecule is CC(C)(CO)CCCC1=C2OC1=CC2C=CC1=C2OC1=CC2CCCC(C)(C)CO. The van der Waals surface area contributed by atoms with E-state index in [4.69, 9.17) is 9.47 Å². The second-order valence-corrected chi connectivity index (χ2v) is 10.8. The fourth-order valence-electron chi connectivity index (χ4n) is 4.59. The van der Waals surface area contributed by atoms with E-state index in [-0.39, 0.29) is 30.0 Å². The third kappa shape index (κ3) is 4.17. The van der Waals surface area contributed by atoms with Crippen LogP contribution >= 0.6 is 0 Å². The molecule has 30 heavy (non-hydrogen) atoms. The molecule has 4 bridgehead atoms. The molecule has 0 aromatic heterocycles. The minimum atomic E-state index is -0.00195. The third-order valence-electron chi connectivity index (χ3n) is 6.86. The predicted molar refractivity (Wildman–Crippen MR) is 118 cm³/mol. The van der Waals surface area contributed by atoms with Crippen molar-refractivity contribution >= 4 is 0 Å². The average molecular weight is 413 g/mol. The summed E-state index contributed by atoms with van der Waals surface area (Å²) in [6.45, 7) is 8.93. The zero-order valence-corrected chi connectivity index (χ0v) is 18.8. The summed E-state index contributed by atoms with van der Waals surface area (Å²) in [6.07, 6.45) is 15.2. The van der Waals surface area contributed by atoms with Crippen LogP contribution in [-0.4, -0.2) is 23.4 Å². The molecule has 0 radical (unpaired) electrons. The lowest BCUT2D eigenvalue weighted by atomic mass is 9.86. The molecule has 4 heterocycles. The molecule has 4 aliphatic heterocycles. The van der Waals surface area contributed by atoms with Gasteiger partial charge in [0.15, 0.2) is 0 Å². The Morgan fingerprint density at radius 2 is 1.57 bits per heavy atom. The first-order chi connectivity index (χ1) is 14.2. The van der Waals surface area contributed by atoms with Crippen molar-refractivity contribution in [1.29, 1.82) is 0 Å². The van der Waals surface area contributed by atoms with Gasteiger partial charge in [-0.15, -0.1) is 0 Å². The molecule has 164 valence electrons. The lowest BCUT2D eigenvalue weighted by Gasteiger charge is -2.25. The molecule has 0 aromatic carbocycles. The minimum absolute atomic E-state index is 0.00195. The van der Waals surface area contributed by atoms with E-state index in [1.165, 1.54) is 11.1 Å². The Bertz CT molecular complexity index is 850. The summed E-state index contributed by atoms with van der Waals surface area (Å²) in [5.41, 5.74) is 2.61. The summed E-state index contributed by atoms with van der Waals surface area (Å²) in [7, 11) is 0. The monoisotopic (exact) mass is 412 g/mol. The average Bonchev–Trinajstić information content (AvgIpc) is 3.43. The molecule has 0 fully saturated rings. The van der Waals surface area contributed by atoms with E-state index in [1.54, 1.807) is 0 Å². The summed E-state index contributed by atoms with van der Waals surface area (Å²) in [4.78, 5) is 0. The molecule has 4 nitrogen and oxygen atoms in total. The van der Waals surface area contributed by atoms with Crippen molar-refractivity contribution < 1.29 is 19.7 Å². The number of hydrogen-bond acceptors (Lipinski definition) is 4. The van der Waals surface area contributed by atoms with Gasteiger partial charge in [-0.2, -0.15) is 0 Å². The van der Waals surface area contributed by atoms with E-state index in [0.717, 1.165) is 61.6 Å². The highest BCUT2D eigenvalue weighted by Gasteiger charge is 2.40. The molecule has 6 aliphatic rings. The molecular formula is C26H36O4. The lowest BCUT2D eigenvalue weighted by Crippen LogP contribution is -2.17. The van der Waals surface area contributed by atoms with Gasteiger partial charge in [0.2, 0.25) is 0 Å². The summed E-state index contributed by atoms with van der Waals surface area (Å²) in [5.74, 6) is 4.94. The van der Waals surface area contributed by atoms with E-state index in [2.05, 4.69) is 52.0 Å². The van der Waals surface area contributed by atoms with Gasteiger partial charge in [-0.3, -0.25) is 0 Å². The maximum absolute atomic E-state index is 9.42. The van der Waals surface area contributed by atoms with Crippen molar-refractivity contribution in [2.75, 3.05) is 13.2 Å². The standard InChI is InChI=1S/C26H36O4/c1-25(2,15-27)11-5-7-17-13-22-20(23(17)30-22)10-9-18-14-21-19(24(18)29-21)8-6-12-26(3,4)16-28/h9-10,13-14,17-18,27-28H,5-8,11-12,15-16H2,1-4H3. The Kier molecular flexibility index (Phi) is 5.75. The van der Waals surface area contributed by atoms with Crippen molar-refractivity contribution in [2.24, 2.45) is 22.7 Å². The van der Waals surface area contributed by atoms with Crippen LogP contribution in [0.25, 0.3) is 0 Å². The molecule has 0 spiro atoms. The third-order valence-corrected chi connectivity index (χ3v) is 6.86. The topological polar surface area (TPSA) is 58.9 Å². The van der Waals surface area contributed by atoms with Crippen LogP contribution in [0.2, 0.25) is 0 Å².